The standard InChI is InChI=1S/C8H10N2O3S/c9-6-3-1-2-4-7(6)10-8(11)5-14(12)13/h1-4H,5,9H2,(H,10,11)(H,12,13)/p-1. The average molecular weight is 213 g/mol. The second kappa shape index (κ2) is 4.73. The molecule has 76 valence electrons. The summed E-state index contributed by atoms with van der Waals surface area (Å²) in [6.45, 7) is 0. The van der Waals surface area contributed by atoms with Crippen molar-refractivity contribution < 1.29 is 13.6 Å². The number of nitrogens with two attached hydrogens (primary N) is 1. The van der Waals surface area contributed by atoms with Gasteiger partial charge in [0.15, 0.2) is 0 Å². The number of hydrogen-bond acceptors (Lipinski definition) is 4. The van der Waals surface area contributed by atoms with Crippen LogP contribution in [0.3, 0.4) is 0 Å². The normalized spacial score (nSPS) is 12.1. The first kappa shape index (κ1) is 10.7. The second-order valence-corrected chi connectivity index (χ2v) is 3.48. The quantitative estimate of drug-likeness (QED) is 0.549. The van der Waals surface area contributed by atoms with Gasteiger partial charge in [-0.15, -0.1) is 0 Å². The predicted molar refractivity (Wildman–Crippen MR) is 53.3 cm³/mol. The minimum atomic E-state index is -2.38. The van der Waals surface area contributed by atoms with E-state index in [1.54, 1.807) is 24.3 Å². The van der Waals surface area contributed by atoms with Gasteiger partial charge in [-0.3, -0.25) is 9.00 Å². The lowest BCUT2D eigenvalue weighted by Gasteiger charge is -2.08. The molecule has 1 amide bonds. The number of carbonyl (C=O) groups excluding carboxylic acids is 1. The molecule has 0 fully saturated rings. The summed E-state index contributed by atoms with van der Waals surface area (Å²) in [5, 5.41) is 2.38. The Labute approximate surface area is 83.6 Å². The zero-order valence-corrected chi connectivity index (χ0v) is 8.04. The van der Waals surface area contributed by atoms with Gasteiger partial charge < -0.3 is 15.6 Å². The fourth-order valence-electron chi connectivity index (χ4n) is 0.904. The Bertz CT molecular complexity index is 367. The molecule has 0 radical (unpaired) electrons. The largest absolute Gasteiger partial charge is 0.772 e. The summed E-state index contributed by atoms with van der Waals surface area (Å²) in [5.74, 6) is -1.16. The molecule has 14 heavy (non-hydrogen) atoms. The van der Waals surface area contributed by atoms with Gasteiger partial charge in [0.25, 0.3) is 0 Å². The molecule has 0 spiro atoms. The lowest BCUT2D eigenvalue weighted by atomic mass is 10.3. The molecule has 3 N–H and O–H groups in total. The van der Waals surface area contributed by atoms with Crippen LogP contribution < -0.4 is 11.1 Å². The van der Waals surface area contributed by atoms with Crippen LogP contribution in [-0.4, -0.2) is 20.4 Å². The smallest absolute Gasteiger partial charge is 0.235 e. The molecule has 1 rings (SSSR count). The van der Waals surface area contributed by atoms with E-state index in [9.17, 15) is 13.6 Å². The molecule has 5 nitrogen and oxygen atoms in total. The molecule has 0 heterocycles. The highest BCUT2D eigenvalue weighted by atomic mass is 32.2. The molecule has 1 unspecified atom stereocenters. The van der Waals surface area contributed by atoms with Crippen LogP contribution in [0, 0.1) is 0 Å². The maximum Gasteiger partial charge on any atom is 0.235 e. The summed E-state index contributed by atoms with van der Waals surface area (Å²) >= 11 is -2.38. The molecule has 0 aromatic heterocycles. The molecule has 0 aliphatic rings. The molecule has 1 atom stereocenters. The van der Waals surface area contributed by atoms with Gasteiger partial charge >= 0.3 is 0 Å². The molecular weight excluding hydrogens is 204 g/mol. The van der Waals surface area contributed by atoms with Crippen molar-refractivity contribution in [2.75, 3.05) is 16.8 Å². The monoisotopic (exact) mass is 213 g/mol. The van der Waals surface area contributed by atoms with E-state index in [-0.39, 0.29) is 0 Å². The Morgan fingerprint density at radius 2 is 2.14 bits per heavy atom. The second-order valence-electron chi connectivity index (χ2n) is 2.58. The third kappa shape index (κ3) is 3.15. The first-order valence-corrected chi connectivity index (χ1v) is 5.04. The Hall–Kier alpha value is -1.40. The minimum Gasteiger partial charge on any atom is -0.772 e. The lowest BCUT2D eigenvalue weighted by molar-refractivity contribution is -0.113. The Morgan fingerprint density at radius 1 is 1.50 bits per heavy atom. The van der Waals surface area contributed by atoms with Crippen LogP contribution in [0.2, 0.25) is 0 Å². The van der Waals surface area contributed by atoms with Crippen LogP contribution in [0.4, 0.5) is 11.4 Å². The molecular formula is C8H9N2O3S-. The van der Waals surface area contributed by atoms with Crippen molar-refractivity contribution in [2.45, 2.75) is 0 Å². The van der Waals surface area contributed by atoms with Crippen LogP contribution in [0.1, 0.15) is 0 Å². The molecule has 0 saturated carbocycles. The number of amides is 1. The van der Waals surface area contributed by atoms with Gasteiger partial charge in [-0.05, 0) is 23.2 Å². The van der Waals surface area contributed by atoms with Gasteiger partial charge in [-0.25, -0.2) is 0 Å². The molecule has 0 bridgehead atoms. The molecule has 1 aromatic rings. The van der Waals surface area contributed by atoms with Gasteiger partial charge in [0, 0.05) is 0 Å². The van der Waals surface area contributed by atoms with Gasteiger partial charge in [0.05, 0.1) is 17.1 Å². The highest BCUT2D eigenvalue weighted by Crippen LogP contribution is 2.16. The minimum absolute atomic E-state index is 0.400. The van der Waals surface area contributed by atoms with Crippen LogP contribution in [0.15, 0.2) is 24.3 Å². The van der Waals surface area contributed by atoms with Crippen LogP contribution in [0.25, 0.3) is 0 Å². The Kier molecular flexibility index (Phi) is 3.61. The number of benzene rings is 1. The first-order chi connectivity index (χ1) is 6.59. The number of hydrogen-bond donors (Lipinski definition) is 2. The zero-order valence-electron chi connectivity index (χ0n) is 7.23. The van der Waals surface area contributed by atoms with E-state index in [1.807, 2.05) is 0 Å². The maximum atomic E-state index is 11.0. The molecule has 0 aliphatic heterocycles. The van der Waals surface area contributed by atoms with Crippen molar-refractivity contribution in [3.63, 3.8) is 0 Å². The highest BCUT2D eigenvalue weighted by Gasteiger charge is 2.03. The molecule has 6 heteroatoms. The van der Waals surface area contributed by atoms with E-state index >= 15 is 0 Å². The number of anilines is 2. The van der Waals surface area contributed by atoms with Gasteiger partial charge in [-0.2, -0.15) is 0 Å². The van der Waals surface area contributed by atoms with E-state index in [0.717, 1.165) is 0 Å². The summed E-state index contributed by atoms with van der Waals surface area (Å²) in [7, 11) is 0. The van der Waals surface area contributed by atoms with Gasteiger partial charge in [0.2, 0.25) is 5.91 Å². The number of nitrogen functional groups attached to an aromatic ring is 1. The van der Waals surface area contributed by atoms with Crippen molar-refractivity contribution in [3.8, 4) is 0 Å². The highest BCUT2D eigenvalue weighted by molar-refractivity contribution is 7.79. The summed E-state index contributed by atoms with van der Waals surface area (Å²) < 4.78 is 20.4. The number of nitrogens with one attached hydrogen (secondary N) is 1. The maximum absolute atomic E-state index is 11.0. The van der Waals surface area contributed by atoms with Crippen molar-refractivity contribution in [3.05, 3.63) is 24.3 Å². The van der Waals surface area contributed by atoms with E-state index in [2.05, 4.69) is 5.32 Å². The molecule has 0 saturated heterocycles. The molecule has 0 aliphatic carbocycles. The number of para-hydroxylation sites is 2. The van der Waals surface area contributed by atoms with Gasteiger partial charge in [-0.1, -0.05) is 12.1 Å². The Morgan fingerprint density at radius 3 is 2.71 bits per heavy atom. The zero-order chi connectivity index (χ0) is 10.6. The van der Waals surface area contributed by atoms with E-state index in [1.165, 1.54) is 0 Å². The van der Waals surface area contributed by atoms with Crippen LogP contribution >= 0.6 is 0 Å². The third-order valence-electron chi connectivity index (χ3n) is 1.48. The fourth-order valence-corrected chi connectivity index (χ4v) is 1.19. The van der Waals surface area contributed by atoms with Crippen LogP contribution in [0.5, 0.6) is 0 Å². The summed E-state index contributed by atoms with van der Waals surface area (Å²) in [4.78, 5) is 11.0. The van der Waals surface area contributed by atoms with E-state index in [4.69, 9.17) is 5.73 Å². The third-order valence-corrected chi connectivity index (χ3v) is 1.98. The molecule has 1 aromatic carbocycles. The summed E-state index contributed by atoms with van der Waals surface area (Å²) in [6.07, 6.45) is 0. The van der Waals surface area contributed by atoms with E-state index in [0.29, 0.717) is 11.4 Å². The number of rotatable bonds is 3. The Balaban J connectivity index is 2.65. The lowest BCUT2D eigenvalue weighted by Crippen LogP contribution is -2.19. The van der Waals surface area contributed by atoms with Crippen molar-refractivity contribution in [1.29, 1.82) is 0 Å². The summed E-state index contributed by atoms with van der Waals surface area (Å²) in [6, 6.07) is 6.63. The van der Waals surface area contributed by atoms with Crippen molar-refractivity contribution in [1.82, 2.24) is 0 Å². The average Bonchev–Trinajstić information content (AvgIpc) is 2.07. The number of carbonyl (C=O) groups is 1. The van der Waals surface area contributed by atoms with Crippen LogP contribution in [-0.2, 0) is 15.9 Å². The summed E-state index contributed by atoms with van der Waals surface area (Å²) in [5.41, 5.74) is 6.35. The first-order valence-electron chi connectivity index (χ1n) is 3.80. The van der Waals surface area contributed by atoms with Crippen molar-refractivity contribution in [2.24, 2.45) is 0 Å². The SMILES string of the molecule is Nc1ccccc1NC(=O)CS(=O)[O-]. The predicted octanol–water partition coefficient (Wildman–Crippen LogP) is 0.0864. The van der Waals surface area contributed by atoms with E-state index < -0.39 is 22.7 Å². The topological polar surface area (TPSA) is 95.2 Å². The fraction of sp³-hybridized carbons (Fsp3) is 0.125. The van der Waals surface area contributed by atoms with Crippen molar-refractivity contribution >= 4 is 28.4 Å². The van der Waals surface area contributed by atoms with Gasteiger partial charge in [0.1, 0.15) is 0 Å².